The molecule has 0 saturated carbocycles. The lowest BCUT2D eigenvalue weighted by atomic mass is 10.3. The molecular weight excluding hydrogens is 144 g/mol. The summed E-state index contributed by atoms with van der Waals surface area (Å²) in [4.78, 5) is 12.5. The summed E-state index contributed by atoms with van der Waals surface area (Å²) in [5, 5.41) is 10.9. The van der Waals surface area contributed by atoms with Gasteiger partial charge in [0.15, 0.2) is 0 Å². The van der Waals surface area contributed by atoms with Crippen LogP contribution in [0.3, 0.4) is 0 Å². The van der Waals surface area contributed by atoms with E-state index in [1.165, 1.54) is 0 Å². The highest BCUT2D eigenvalue weighted by Crippen LogP contribution is 2.07. The van der Waals surface area contributed by atoms with E-state index in [2.05, 4.69) is 17.1 Å². The smallest absolute Gasteiger partial charge is 0.404 e. The van der Waals surface area contributed by atoms with Crippen LogP contribution in [0.2, 0.25) is 0 Å². The van der Waals surface area contributed by atoms with Crippen LogP contribution in [-0.2, 0) is 0 Å². The molecule has 1 amide bonds. The quantitative estimate of drug-likeness (QED) is 0.609. The van der Waals surface area contributed by atoms with Gasteiger partial charge < -0.3 is 15.3 Å². The second-order valence-corrected chi connectivity index (χ2v) is 2.83. The van der Waals surface area contributed by atoms with Crippen molar-refractivity contribution in [2.24, 2.45) is 0 Å². The number of hydrogen-bond donors (Lipinski definition) is 2. The molecule has 64 valence electrons. The number of likely N-dealkylation sites (N-methyl/N-ethyl adjacent to an activating group) is 1. The van der Waals surface area contributed by atoms with Crippen LogP contribution in [0.25, 0.3) is 0 Å². The van der Waals surface area contributed by atoms with Gasteiger partial charge in [-0.3, -0.25) is 0 Å². The van der Waals surface area contributed by atoms with Gasteiger partial charge in [-0.1, -0.05) is 6.92 Å². The molecule has 1 rings (SSSR count). The van der Waals surface area contributed by atoms with E-state index in [0.29, 0.717) is 0 Å². The predicted octanol–water partition coefficient (Wildman–Crippen LogP) is 0.348. The monoisotopic (exact) mass is 158 g/mol. The highest BCUT2D eigenvalue weighted by atomic mass is 16.4. The van der Waals surface area contributed by atoms with Crippen molar-refractivity contribution in [1.82, 2.24) is 10.2 Å². The van der Waals surface area contributed by atoms with E-state index in [-0.39, 0.29) is 6.04 Å². The Bertz CT molecular complexity index is 149. The van der Waals surface area contributed by atoms with E-state index in [1.807, 2.05) is 0 Å². The molecule has 1 aliphatic heterocycles. The first-order chi connectivity index (χ1) is 5.22. The van der Waals surface area contributed by atoms with E-state index < -0.39 is 6.09 Å². The molecule has 1 saturated heterocycles. The maximum absolute atomic E-state index is 10.2. The van der Waals surface area contributed by atoms with Crippen molar-refractivity contribution in [1.29, 1.82) is 0 Å². The number of hydrogen-bond acceptors (Lipinski definition) is 2. The Kier molecular flexibility index (Phi) is 2.70. The molecule has 2 N–H and O–H groups in total. The average Bonchev–Trinajstić information content (AvgIpc) is 2.34. The molecule has 1 aliphatic rings. The topological polar surface area (TPSA) is 52.6 Å². The molecule has 0 aromatic carbocycles. The number of likely N-dealkylation sites (tertiary alicyclic amines) is 1. The van der Waals surface area contributed by atoms with Crippen molar-refractivity contribution >= 4 is 6.09 Å². The standard InChI is InChI=1S/C7H14N2O2/c1-2-9-4-3-6(5-9)8-7(10)11/h6,8H,2-5H2,1H3,(H,10,11)/t6-/m0/s1. The van der Waals surface area contributed by atoms with Gasteiger partial charge in [0.1, 0.15) is 0 Å². The molecule has 0 aromatic heterocycles. The van der Waals surface area contributed by atoms with Crippen molar-refractivity contribution in [3.05, 3.63) is 0 Å². The van der Waals surface area contributed by atoms with Crippen molar-refractivity contribution in [3.63, 3.8) is 0 Å². The van der Waals surface area contributed by atoms with Gasteiger partial charge in [-0.25, -0.2) is 4.79 Å². The Hall–Kier alpha value is -0.770. The fourth-order valence-corrected chi connectivity index (χ4v) is 1.41. The van der Waals surface area contributed by atoms with Crippen molar-refractivity contribution < 1.29 is 9.90 Å². The largest absolute Gasteiger partial charge is 0.465 e. The van der Waals surface area contributed by atoms with Crippen LogP contribution in [0.5, 0.6) is 0 Å². The summed E-state index contributed by atoms with van der Waals surface area (Å²) in [5.41, 5.74) is 0. The zero-order valence-corrected chi connectivity index (χ0v) is 6.71. The lowest BCUT2D eigenvalue weighted by Gasteiger charge is -2.12. The summed E-state index contributed by atoms with van der Waals surface area (Å²) in [6.07, 6.45) is 0.0353. The minimum absolute atomic E-state index is 0.146. The van der Waals surface area contributed by atoms with Crippen LogP contribution in [0.4, 0.5) is 4.79 Å². The molecule has 1 atom stereocenters. The number of rotatable bonds is 2. The van der Waals surface area contributed by atoms with Crippen LogP contribution in [0, 0.1) is 0 Å². The van der Waals surface area contributed by atoms with E-state index in [1.54, 1.807) is 0 Å². The van der Waals surface area contributed by atoms with Crippen molar-refractivity contribution in [3.8, 4) is 0 Å². The summed E-state index contributed by atoms with van der Waals surface area (Å²) in [7, 11) is 0. The lowest BCUT2D eigenvalue weighted by molar-refractivity contribution is 0.189. The minimum atomic E-state index is -0.909. The molecule has 11 heavy (non-hydrogen) atoms. The number of carboxylic acid groups (broad SMARTS) is 1. The molecule has 0 unspecified atom stereocenters. The highest BCUT2D eigenvalue weighted by Gasteiger charge is 2.21. The second-order valence-electron chi connectivity index (χ2n) is 2.83. The first kappa shape index (κ1) is 8.33. The average molecular weight is 158 g/mol. The summed E-state index contributed by atoms with van der Waals surface area (Å²) in [6.45, 7) is 4.98. The molecule has 0 bridgehead atoms. The van der Waals surface area contributed by atoms with Gasteiger partial charge in [-0.05, 0) is 13.0 Å². The Morgan fingerprint density at radius 2 is 2.55 bits per heavy atom. The lowest BCUT2D eigenvalue weighted by Crippen LogP contribution is -2.35. The molecule has 4 nitrogen and oxygen atoms in total. The molecule has 0 radical (unpaired) electrons. The van der Waals surface area contributed by atoms with Gasteiger partial charge >= 0.3 is 6.09 Å². The number of nitrogens with zero attached hydrogens (tertiary/aromatic N) is 1. The zero-order chi connectivity index (χ0) is 8.27. The third-order valence-corrected chi connectivity index (χ3v) is 2.05. The Morgan fingerprint density at radius 3 is 3.00 bits per heavy atom. The normalized spacial score (nSPS) is 25.4. The van der Waals surface area contributed by atoms with Gasteiger partial charge in [0.2, 0.25) is 0 Å². The van der Waals surface area contributed by atoms with Crippen LogP contribution >= 0.6 is 0 Å². The zero-order valence-electron chi connectivity index (χ0n) is 6.71. The van der Waals surface area contributed by atoms with Gasteiger partial charge in [0, 0.05) is 19.1 Å². The Balaban J connectivity index is 2.24. The molecule has 0 aliphatic carbocycles. The van der Waals surface area contributed by atoms with E-state index in [0.717, 1.165) is 26.1 Å². The minimum Gasteiger partial charge on any atom is -0.465 e. The van der Waals surface area contributed by atoms with Gasteiger partial charge in [0.25, 0.3) is 0 Å². The van der Waals surface area contributed by atoms with Crippen LogP contribution in [-0.4, -0.2) is 41.8 Å². The van der Waals surface area contributed by atoms with E-state index in [9.17, 15) is 4.79 Å². The Morgan fingerprint density at radius 1 is 1.82 bits per heavy atom. The number of carbonyl (C=O) groups is 1. The summed E-state index contributed by atoms with van der Waals surface area (Å²) in [6, 6.07) is 0.146. The fraction of sp³-hybridized carbons (Fsp3) is 0.857. The summed E-state index contributed by atoms with van der Waals surface area (Å²) < 4.78 is 0. The number of amides is 1. The first-order valence-electron chi connectivity index (χ1n) is 3.94. The molecule has 4 heteroatoms. The van der Waals surface area contributed by atoms with Crippen LogP contribution < -0.4 is 5.32 Å². The first-order valence-corrected chi connectivity index (χ1v) is 3.94. The molecule has 1 fully saturated rings. The van der Waals surface area contributed by atoms with Gasteiger partial charge in [-0.15, -0.1) is 0 Å². The number of nitrogens with one attached hydrogen (secondary N) is 1. The third-order valence-electron chi connectivity index (χ3n) is 2.05. The predicted molar refractivity (Wildman–Crippen MR) is 41.7 cm³/mol. The van der Waals surface area contributed by atoms with Crippen LogP contribution in [0.15, 0.2) is 0 Å². The SMILES string of the molecule is CCN1CC[C@H](NC(=O)O)C1. The second kappa shape index (κ2) is 3.57. The summed E-state index contributed by atoms with van der Waals surface area (Å²) in [5.74, 6) is 0. The summed E-state index contributed by atoms with van der Waals surface area (Å²) >= 11 is 0. The third kappa shape index (κ3) is 2.38. The Labute approximate surface area is 66.2 Å². The maximum atomic E-state index is 10.2. The highest BCUT2D eigenvalue weighted by molar-refractivity contribution is 5.64. The van der Waals surface area contributed by atoms with Crippen molar-refractivity contribution in [2.45, 2.75) is 19.4 Å². The fourth-order valence-electron chi connectivity index (χ4n) is 1.41. The van der Waals surface area contributed by atoms with E-state index in [4.69, 9.17) is 5.11 Å². The maximum Gasteiger partial charge on any atom is 0.404 e. The molecule has 0 spiro atoms. The van der Waals surface area contributed by atoms with Gasteiger partial charge in [0.05, 0.1) is 0 Å². The molecular formula is C7H14N2O2. The van der Waals surface area contributed by atoms with Crippen molar-refractivity contribution in [2.75, 3.05) is 19.6 Å². The molecule has 1 heterocycles. The van der Waals surface area contributed by atoms with Crippen LogP contribution in [0.1, 0.15) is 13.3 Å². The van der Waals surface area contributed by atoms with E-state index >= 15 is 0 Å². The molecule has 0 aromatic rings. The van der Waals surface area contributed by atoms with Gasteiger partial charge in [-0.2, -0.15) is 0 Å².